The van der Waals surface area contributed by atoms with Gasteiger partial charge in [0.1, 0.15) is 0 Å². The minimum absolute atomic E-state index is 0.128. The second kappa shape index (κ2) is 4.55. The highest BCUT2D eigenvalue weighted by Crippen LogP contribution is 2.44. The molecule has 1 aromatic rings. The van der Waals surface area contributed by atoms with E-state index in [1.54, 1.807) is 11.3 Å². The molecule has 1 N–H and O–H groups in total. The van der Waals surface area contributed by atoms with E-state index in [9.17, 15) is 5.11 Å². The first-order chi connectivity index (χ1) is 8.28. The lowest BCUT2D eigenvalue weighted by Crippen LogP contribution is -2.41. The van der Waals surface area contributed by atoms with Gasteiger partial charge in [-0.1, -0.05) is 11.3 Å². The number of nitrogens with zero attached hydrogens (tertiary/aromatic N) is 2. The van der Waals surface area contributed by atoms with Crippen LogP contribution in [0, 0.1) is 0 Å². The molecule has 1 saturated carbocycles. The number of aromatic nitrogens is 1. The van der Waals surface area contributed by atoms with Crippen LogP contribution in [0.5, 0.6) is 0 Å². The van der Waals surface area contributed by atoms with Crippen molar-refractivity contribution >= 4 is 16.5 Å². The molecule has 1 aromatic heterocycles. The molecule has 0 amide bonds. The number of anilines is 1. The van der Waals surface area contributed by atoms with Gasteiger partial charge in [-0.2, -0.15) is 0 Å². The van der Waals surface area contributed by atoms with Gasteiger partial charge in [-0.3, -0.25) is 0 Å². The summed E-state index contributed by atoms with van der Waals surface area (Å²) in [7, 11) is 0. The molecule has 1 aliphatic carbocycles. The minimum Gasteiger partial charge on any atom is -0.391 e. The molecular weight excluding hydrogens is 236 g/mol. The number of morpholine rings is 1. The molecule has 17 heavy (non-hydrogen) atoms. The maximum atomic E-state index is 9.39. The summed E-state index contributed by atoms with van der Waals surface area (Å²) < 4.78 is 5.54. The van der Waals surface area contributed by atoms with E-state index in [-0.39, 0.29) is 12.7 Å². The maximum absolute atomic E-state index is 9.39. The number of rotatable bonds is 3. The zero-order valence-corrected chi connectivity index (χ0v) is 10.9. The van der Waals surface area contributed by atoms with E-state index in [0.29, 0.717) is 5.92 Å². The maximum Gasteiger partial charge on any atom is 0.186 e. The summed E-state index contributed by atoms with van der Waals surface area (Å²) in [4.78, 5) is 8.07. The molecule has 0 radical (unpaired) electrons. The quantitative estimate of drug-likeness (QED) is 0.892. The molecule has 0 bridgehead atoms. The molecule has 0 aromatic carbocycles. The Morgan fingerprint density at radius 1 is 1.53 bits per heavy atom. The molecule has 1 unspecified atom stereocenters. The van der Waals surface area contributed by atoms with Gasteiger partial charge in [-0.15, -0.1) is 0 Å². The molecule has 2 aliphatic rings. The number of hydrogen-bond donors (Lipinski definition) is 1. The van der Waals surface area contributed by atoms with Crippen molar-refractivity contribution in [3.8, 4) is 0 Å². The van der Waals surface area contributed by atoms with E-state index < -0.39 is 0 Å². The van der Waals surface area contributed by atoms with Crippen molar-refractivity contribution in [3.05, 3.63) is 10.6 Å². The monoisotopic (exact) mass is 254 g/mol. The van der Waals surface area contributed by atoms with E-state index >= 15 is 0 Å². The SMILES string of the molecule is CC1CN(c2nc(C3CC3)c(CO)s2)CCO1. The van der Waals surface area contributed by atoms with Gasteiger partial charge in [0.25, 0.3) is 0 Å². The summed E-state index contributed by atoms with van der Waals surface area (Å²) in [5.41, 5.74) is 1.15. The highest BCUT2D eigenvalue weighted by Gasteiger charge is 2.31. The predicted octanol–water partition coefficient (Wildman–Crippen LogP) is 1.74. The first-order valence-electron chi connectivity index (χ1n) is 6.25. The lowest BCUT2D eigenvalue weighted by Gasteiger charge is -2.30. The minimum atomic E-state index is 0.128. The molecule has 1 atom stereocenters. The number of aliphatic hydroxyl groups is 1. The van der Waals surface area contributed by atoms with Crippen molar-refractivity contribution in [2.24, 2.45) is 0 Å². The van der Waals surface area contributed by atoms with Gasteiger partial charge in [0.15, 0.2) is 5.13 Å². The lowest BCUT2D eigenvalue weighted by atomic mass is 10.2. The fourth-order valence-electron chi connectivity index (χ4n) is 2.27. The van der Waals surface area contributed by atoms with Crippen LogP contribution in [0.15, 0.2) is 0 Å². The van der Waals surface area contributed by atoms with Crippen LogP contribution < -0.4 is 4.90 Å². The Morgan fingerprint density at radius 2 is 2.35 bits per heavy atom. The highest BCUT2D eigenvalue weighted by molar-refractivity contribution is 7.15. The number of aliphatic hydroxyl groups excluding tert-OH is 1. The first kappa shape index (κ1) is 11.4. The van der Waals surface area contributed by atoms with Crippen molar-refractivity contribution < 1.29 is 9.84 Å². The van der Waals surface area contributed by atoms with Crippen LogP contribution in [0.4, 0.5) is 5.13 Å². The normalized spacial score (nSPS) is 25.3. The topological polar surface area (TPSA) is 45.6 Å². The molecule has 2 heterocycles. The second-order valence-electron chi connectivity index (χ2n) is 4.86. The molecule has 5 heteroatoms. The molecule has 94 valence electrons. The third-order valence-corrected chi connectivity index (χ3v) is 4.45. The van der Waals surface area contributed by atoms with Crippen LogP contribution in [-0.2, 0) is 11.3 Å². The van der Waals surface area contributed by atoms with Gasteiger partial charge < -0.3 is 14.7 Å². The Labute approximate surface area is 105 Å². The van der Waals surface area contributed by atoms with Crippen LogP contribution in [-0.4, -0.2) is 35.9 Å². The number of thiazole rings is 1. The second-order valence-corrected chi connectivity index (χ2v) is 5.93. The molecule has 4 nitrogen and oxygen atoms in total. The van der Waals surface area contributed by atoms with Gasteiger partial charge in [-0.25, -0.2) is 4.98 Å². The lowest BCUT2D eigenvalue weighted by molar-refractivity contribution is 0.0532. The van der Waals surface area contributed by atoms with E-state index in [1.165, 1.54) is 12.8 Å². The molecule has 1 aliphatic heterocycles. The van der Waals surface area contributed by atoms with E-state index in [0.717, 1.165) is 35.4 Å². The van der Waals surface area contributed by atoms with Crippen molar-refractivity contribution in [2.75, 3.05) is 24.6 Å². The Morgan fingerprint density at radius 3 is 3.00 bits per heavy atom. The highest BCUT2D eigenvalue weighted by atomic mass is 32.1. The fourth-order valence-corrected chi connectivity index (χ4v) is 3.31. The van der Waals surface area contributed by atoms with Gasteiger partial charge in [-0.05, 0) is 19.8 Å². The average Bonchev–Trinajstić information content (AvgIpc) is 3.08. The first-order valence-corrected chi connectivity index (χ1v) is 7.06. The van der Waals surface area contributed by atoms with Gasteiger partial charge >= 0.3 is 0 Å². The summed E-state index contributed by atoms with van der Waals surface area (Å²) in [5.74, 6) is 0.612. The molecule has 1 saturated heterocycles. The average molecular weight is 254 g/mol. The number of hydrogen-bond acceptors (Lipinski definition) is 5. The van der Waals surface area contributed by atoms with Gasteiger partial charge in [0.05, 0.1) is 29.9 Å². The Bertz CT molecular complexity index is 403. The summed E-state index contributed by atoms with van der Waals surface area (Å²) in [6, 6.07) is 0. The van der Waals surface area contributed by atoms with Gasteiger partial charge in [0.2, 0.25) is 0 Å². The van der Waals surface area contributed by atoms with Crippen LogP contribution in [0.3, 0.4) is 0 Å². The zero-order chi connectivity index (χ0) is 11.8. The van der Waals surface area contributed by atoms with Crippen LogP contribution in [0.2, 0.25) is 0 Å². The van der Waals surface area contributed by atoms with Gasteiger partial charge in [0, 0.05) is 19.0 Å². The summed E-state index contributed by atoms with van der Waals surface area (Å²) in [5, 5.41) is 10.4. The third-order valence-electron chi connectivity index (χ3n) is 3.34. The van der Waals surface area contributed by atoms with Crippen LogP contribution in [0.25, 0.3) is 0 Å². The summed E-state index contributed by atoms with van der Waals surface area (Å²) in [6.45, 7) is 4.81. The summed E-state index contributed by atoms with van der Waals surface area (Å²) >= 11 is 1.65. The Hall–Kier alpha value is -0.650. The predicted molar refractivity (Wildman–Crippen MR) is 67.6 cm³/mol. The molecule has 2 fully saturated rings. The standard InChI is InChI=1S/C12H18N2O2S/c1-8-6-14(4-5-16-8)12-13-11(9-2-3-9)10(7-15)17-12/h8-9,15H,2-7H2,1H3. The summed E-state index contributed by atoms with van der Waals surface area (Å²) in [6.07, 6.45) is 2.74. The fraction of sp³-hybridized carbons (Fsp3) is 0.750. The van der Waals surface area contributed by atoms with Crippen molar-refractivity contribution in [3.63, 3.8) is 0 Å². The van der Waals surface area contributed by atoms with Crippen molar-refractivity contribution in [1.29, 1.82) is 0 Å². The molecular formula is C12H18N2O2S. The number of ether oxygens (including phenoxy) is 1. The van der Waals surface area contributed by atoms with Crippen molar-refractivity contribution in [2.45, 2.75) is 38.4 Å². The Kier molecular flexibility index (Phi) is 3.06. The van der Waals surface area contributed by atoms with Crippen molar-refractivity contribution in [1.82, 2.24) is 4.98 Å². The zero-order valence-electron chi connectivity index (χ0n) is 10.1. The Balaban J connectivity index is 1.82. The largest absolute Gasteiger partial charge is 0.391 e. The van der Waals surface area contributed by atoms with E-state index in [4.69, 9.17) is 9.72 Å². The van der Waals surface area contributed by atoms with Crippen LogP contribution in [0.1, 0.15) is 36.3 Å². The van der Waals surface area contributed by atoms with E-state index in [1.807, 2.05) is 0 Å². The van der Waals surface area contributed by atoms with Crippen LogP contribution >= 0.6 is 11.3 Å². The van der Waals surface area contributed by atoms with E-state index in [2.05, 4.69) is 11.8 Å². The molecule has 0 spiro atoms. The smallest absolute Gasteiger partial charge is 0.186 e. The third kappa shape index (κ3) is 2.32. The molecule has 3 rings (SSSR count).